The number of alkyl halides is 3. The molecule has 4 heteroatoms. The van der Waals surface area contributed by atoms with Crippen molar-refractivity contribution in [1.29, 1.82) is 0 Å². The van der Waals surface area contributed by atoms with Crippen molar-refractivity contribution in [3.8, 4) is 0 Å². The third-order valence-corrected chi connectivity index (χ3v) is 0.971. The van der Waals surface area contributed by atoms with Crippen molar-refractivity contribution in [3.05, 3.63) is 12.2 Å². The molecule has 11 heavy (non-hydrogen) atoms. The van der Waals surface area contributed by atoms with Crippen LogP contribution >= 0.6 is 0 Å². The van der Waals surface area contributed by atoms with Crippen molar-refractivity contribution in [3.63, 3.8) is 0 Å². The average Bonchev–Trinajstić information content (AvgIpc) is 1.53. The van der Waals surface area contributed by atoms with Gasteiger partial charge in [-0.3, -0.25) is 4.74 Å². The van der Waals surface area contributed by atoms with Crippen molar-refractivity contribution in [2.75, 3.05) is 0 Å². The molecule has 0 fully saturated rings. The van der Waals surface area contributed by atoms with Crippen LogP contribution in [-0.2, 0) is 4.74 Å². The zero-order valence-electron chi connectivity index (χ0n) is 6.53. The maximum Gasteiger partial charge on any atom is 0.522 e. The van der Waals surface area contributed by atoms with E-state index in [1.807, 2.05) is 0 Å². The predicted octanol–water partition coefficient (Wildman–Crippen LogP) is 2.88. The fraction of sp³-hybridized carbons (Fsp3) is 0.714. The molecule has 0 aliphatic rings. The van der Waals surface area contributed by atoms with Gasteiger partial charge in [-0.15, -0.1) is 19.8 Å². The highest BCUT2D eigenvalue weighted by Gasteiger charge is 2.31. The summed E-state index contributed by atoms with van der Waals surface area (Å²) in [5.41, 5.74) is 0.682. The predicted molar refractivity (Wildman–Crippen MR) is 36.0 cm³/mol. The molecule has 0 N–H and O–H groups in total. The second-order valence-corrected chi connectivity index (χ2v) is 2.54. The molecule has 0 heterocycles. The Labute approximate surface area is 63.8 Å². The highest BCUT2D eigenvalue weighted by atomic mass is 19.4. The van der Waals surface area contributed by atoms with Gasteiger partial charge in [0, 0.05) is 0 Å². The maximum absolute atomic E-state index is 11.5. The molecule has 1 nitrogen and oxygen atoms in total. The topological polar surface area (TPSA) is 9.23 Å². The third-order valence-electron chi connectivity index (χ3n) is 0.971. The quantitative estimate of drug-likeness (QED) is 0.589. The molecular formula is C7H11F3O. The van der Waals surface area contributed by atoms with Crippen LogP contribution in [0.25, 0.3) is 0 Å². The fourth-order valence-electron chi connectivity index (χ4n) is 0.761. The SMILES string of the molecule is C=C(C)CC(C)OC(F)(F)F. The van der Waals surface area contributed by atoms with Crippen LogP contribution in [-0.4, -0.2) is 12.5 Å². The van der Waals surface area contributed by atoms with Crippen LogP contribution < -0.4 is 0 Å². The number of ether oxygens (including phenoxy) is 1. The Kier molecular flexibility index (Phi) is 3.58. The Morgan fingerprint density at radius 3 is 2.27 bits per heavy atom. The summed E-state index contributed by atoms with van der Waals surface area (Å²) in [5, 5.41) is 0. The van der Waals surface area contributed by atoms with Crippen molar-refractivity contribution in [2.24, 2.45) is 0 Å². The van der Waals surface area contributed by atoms with E-state index in [1.165, 1.54) is 6.92 Å². The monoisotopic (exact) mass is 168 g/mol. The van der Waals surface area contributed by atoms with E-state index in [2.05, 4.69) is 11.3 Å². The summed E-state index contributed by atoms with van der Waals surface area (Å²) in [5.74, 6) is 0. The lowest BCUT2D eigenvalue weighted by molar-refractivity contribution is -0.340. The Bertz CT molecular complexity index is 139. The minimum atomic E-state index is -4.53. The number of hydrogen-bond acceptors (Lipinski definition) is 1. The lowest BCUT2D eigenvalue weighted by Crippen LogP contribution is -2.21. The molecule has 0 radical (unpaired) electrons. The van der Waals surface area contributed by atoms with Gasteiger partial charge in [-0.1, -0.05) is 5.57 Å². The van der Waals surface area contributed by atoms with E-state index >= 15 is 0 Å². The molecule has 0 bridgehead atoms. The molecular weight excluding hydrogens is 157 g/mol. The molecule has 0 aromatic carbocycles. The molecule has 0 rings (SSSR count). The second kappa shape index (κ2) is 3.76. The van der Waals surface area contributed by atoms with Crippen LogP contribution in [0.2, 0.25) is 0 Å². The minimum absolute atomic E-state index is 0.236. The largest absolute Gasteiger partial charge is 0.522 e. The van der Waals surface area contributed by atoms with Crippen molar-refractivity contribution >= 4 is 0 Å². The molecule has 66 valence electrons. The van der Waals surface area contributed by atoms with Gasteiger partial charge in [0.15, 0.2) is 0 Å². The summed E-state index contributed by atoms with van der Waals surface area (Å²) < 4.78 is 38.2. The standard InChI is InChI=1S/C7H11F3O/c1-5(2)4-6(3)11-7(8,9)10/h6H,1,4H2,2-3H3. The third kappa shape index (κ3) is 7.39. The molecule has 0 aromatic rings. The normalized spacial score (nSPS) is 14.6. The molecule has 1 atom stereocenters. The molecule has 0 amide bonds. The summed E-state index contributed by atoms with van der Waals surface area (Å²) in [6.07, 6.45) is -5.14. The molecule has 1 unspecified atom stereocenters. The molecule has 0 aliphatic carbocycles. The van der Waals surface area contributed by atoms with E-state index in [1.54, 1.807) is 6.92 Å². The van der Waals surface area contributed by atoms with E-state index in [0.717, 1.165) is 0 Å². The van der Waals surface area contributed by atoms with E-state index in [9.17, 15) is 13.2 Å². The first-order valence-electron chi connectivity index (χ1n) is 3.20. The Morgan fingerprint density at radius 2 is 2.00 bits per heavy atom. The van der Waals surface area contributed by atoms with Gasteiger partial charge in [0.1, 0.15) is 0 Å². The smallest absolute Gasteiger partial charge is 0.289 e. The first kappa shape index (κ1) is 10.5. The molecule has 0 aromatic heterocycles. The van der Waals surface area contributed by atoms with Crippen LogP contribution in [0.15, 0.2) is 12.2 Å². The van der Waals surface area contributed by atoms with E-state index < -0.39 is 12.5 Å². The van der Waals surface area contributed by atoms with Gasteiger partial charge in [0.2, 0.25) is 0 Å². The summed E-state index contributed by atoms with van der Waals surface area (Å²) in [6, 6.07) is 0. The van der Waals surface area contributed by atoms with Gasteiger partial charge in [-0.2, -0.15) is 0 Å². The maximum atomic E-state index is 11.5. The van der Waals surface area contributed by atoms with Gasteiger partial charge in [-0.25, -0.2) is 0 Å². The first-order valence-corrected chi connectivity index (χ1v) is 3.20. The molecule has 0 saturated heterocycles. The number of hydrogen-bond donors (Lipinski definition) is 0. The Balaban J connectivity index is 3.69. The van der Waals surface area contributed by atoms with Gasteiger partial charge >= 0.3 is 6.36 Å². The number of halogens is 3. The Hall–Kier alpha value is -0.510. The van der Waals surface area contributed by atoms with Crippen LogP contribution in [0.1, 0.15) is 20.3 Å². The molecule has 0 aliphatic heterocycles. The lowest BCUT2D eigenvalue weighted by Gasteiger charge is -2.14. The van der Waals surface area contributed by atoms with Crippen molar-refractivity contribution < 1.29 is 17.9 Å². The van der Waals surface area contributed by atoms with Gasteiger partial charge in [0.05, 0.1) is 6.10 Å². The highest BCUT2D eigenvalue weighted by molar-refractivity contribution is 4.89. The molecule has 0 spiro atoms. The second-order valence-electron chi connectivity index (χ2n) is 2.54. The Morgan fingerprint density at radius 1 is 1.55 bits per heavy atom. The van der Waals surface area contributed by atoms with Crippen LogP contribution in [0.3, 0.4) is 0 Å². The van der Waals surface area contributed by atoms with Gasteiger partial charge in [-0.05, 0) is 20.3 Å². The molecule has 0 saturated carbocycles. The van der Waals surface area contributed by atoms with Crippen LogP contribution in [0.4, 0.5) is 13.2 Å². The van der Waals surface area contributed by atoms with E-state index in [4.69, 9.17) is 0 Å². The van der Waals surface area contributed by atoms with Crippen molar-refractivity contribution in [1.82, 2.24) is 0 Å². The minimum Gasteiger partial charge on any atom is -0.289 e. The zero-order chi connectivity index (χ0) is 9.07. The number of rotatable bonds is 3. The average molecular weight is 168 g/mol. The summed E-state index contributed by atoms with van der Waals surface area (Å²) in [4.78, 5) is 0. The fourth-order valence-corrected chi connectivity index (χ4v) is 0.761. The van der Waals surface area contributed by atoms with E-state index in [-0.39, 0.29) is 6.42 Å². The summed E-state index contributed by atoms with van der Waals surface area (Å²) in [7, 11) is 0. The summed E-state index contributed by atoms with van der Waals surface area (Å²) >= 11 is 0. The van der Waals surface area contributed by atoms with Crippen molar-refractivity contribution in [2.45, 2.75) is 32.7 Å². The van der Waals surface area contributed by atoms with Crippen LogP contribution in [0, 0.1) is 0 Å². The first-order chi connectivity index (χ1) is 4.81. The van der Waals surface area contributed by atoms with Crippen LogP contribution in [0.5, 0.6) is 0 Å². The summed E-state index contributed by atoms with van der Waals surface area (Å²) in [6.45, 7) is 6.50. The zero-order valence-corrected chi connectivity index (χ0v) is 6.53. The lowest BCUT2D eigenvalue weighted by atomic mass is 10.2. The van der Waals surface area contributed by atoms with Gasteiger partial charge < -0.3 is 0 Å². The van der Waals surface area contributed by atoms with E-state index in [0.29, 0.717) is 5.57 Å². The highest BCUT2D eigenvalue weighted by Crippen LogP contribution is 2.20. The van der Waals surface area contributed by atoms with Gasteiger partial charge in [0.25, 0.3) is 0 Å².